The molecule has 0 aromatic rings. The quantitative estimate of drug-likeness (QED) is 0.431. The van der Waals surface area contributed by atoms with E-state index in [1.807, 2.05) is 0 Å². The molecule has 0 nitrogen and oxygen atoms in total. The van der Waals surface area contributed by atoms with Gasteiger partial charge in [0.2, 0.25) is 0 Å². The van der Waals surface area contributed by atoms with E-state index >= 15 is 0 Å². The van der Waals surface area contributed by atoms with Crippen molar-refractivity contribution in [1.29, 1.82) is 0 Å². The van der Waals surface area contributed by atoms with Crippen LogP contribution in [0.25, 0.3) is 0 Å². The minimum Gasteiger partial charge on any atom is -0.0992 e. The third-order valence-electron chi connectivity index (χ3n) is 2.57. The lowest BCUT2D eigenvalue weighted by Gasteiger charge is -2.15. The van der Waals surface area contributed by atoms with Gasteiger partial charge in [0.05, 0.1) is 0 Å². The normalized spacial score (nSPS) is 46.8. The van der Waals surface area contributed by atoms with Crippen molar-refractivity contribution < 1.29 is 0 Å². The van der Waals surface area contributed by atoms with Crippen molar-refractivity contribution in [2.45, 2.75) is 19.8 Å². The molecule has 0 aliphatic heterocycles. The van der Waals surface area contributed by atoms with Crippen LogP contribution in [0.3, 0.4) is 0 Å². The first-order valence-electron chi connectivity index (χ1n) is 3.57. The average molecular weight is 120 g/mol. The molecule has 1 saturated carbocycles. The van der Waals surface area contributed by atoms with Gasteiger partial charge in [0.25, 0.3) is 0 Å². The summed E-state index contributed by atoms with van der Waals surface area (Å²) in [6.45, 7) is 6.35. The van der Waals surface area contributed by atoms with Crippen LogP contribution in [0.5, 0.6) is 0 Å². The van der Waals surface area contributed by atoms with Crippen LogP contribution in [0.2, 0.25) is 0 Å². The van der Waals surface area contributed by atoms with E-state index in [0.29, 0.717) is 5.41 Å². The van der Waals surface area contributed by atoms with Gasteiger partial charge < -0.3 is 0 Å². The smallest absolute Gasteiger partial charge is 0.00172 e. The van der Waals surface area contributed by atoms with E-state index in [9.17, 15) is 0 Å². The molecular formula is C9H12. The van der Waals surface area contributed by atoms with Gasteiger partial charge in [-0.15, -0.1) is 0 Å². The molecule has 0 heteroatoms. The molecule has 0 N–H and O–H groups in total. The van der Waals surface area contributed by atoms with Gasteiger partial charge in [0.1, 0.15) is 0 Å². The monoisotopic (exact) mass is 120 g/mol. The zero-order valence-corrected chi connectivity index (χ0v) is 5.85. The Morgan fingerprint density at radius 2 is 2.56 bits per heavy atom. The maximum Gasteiger partial charge on any atom is -0.00172 e. The molecule has 0 amide bonds. The molecule has 2 unspecified atom stereocenters. The van der Waals surface area contributed by atoms with Gasteiger partial charge in [-0.3, -0.25) is 0 Å². The maximum atomic E-state index is 4.03. The lowest BCUT2D eigenvalue weighted by Crippen LogP contribution is -2.03. The van der Waals surface area contributed by atoms with Crippen LogP contribution in [0.4, 0.5) is 0 Å². The van der Waals surface area contributed by atoms with E-state index in [1.54, 1.807) is 0 Å². The molecule has 2 bridgehead atoms. The van der Waals surface area contributed by atoms with Crippen LogP contribution in [-0.2, 0) is 0 Å². The number of fused-ring (bicyclic) bond motifs is 2. The lowest BCUT2D eigenvalue weighted by atomic mass is 9.90. The number of allylic oxidation sites excluding steroid dienone is 3. The molecule has 2 aliphatic rings. The van der Waals surface area contributed by atoms with E-state index in [4.69, 9.17) is 0 Å². The SMILES string of the molecule is C=C1CC2(C)C=CC1C2. The van der Waals surface area contributed by atoms with Crippen molar-refractivity contribution in [3.05, 3.63) is 24.3 Å². The molecule has 2 atom stereocenters. The molecule has 0 heterocycles. The Bertz CT molecular complexity index is 188. The Balaban J connectivity index is 2.40. The fourth-order valence-corrected chi connectivity index (χ4v) is 2.05. The second-order valence-electron chi connectivity index (χ2n) is 3.66. The lowest BCUT2D eigenvalue weighted by molar-refractivity contribution is 0.461. The summed E-state index contributed by atoms with van der Waals surface area (Å²) in [5.74, 6) is 0.731. The second kappa shape index (κ2) is 1.31. The van der Waals surface area contributed by atoms with Gasteiger partial charge in [-0.25, -0.2) is 0 Å². The van der Waals surface area contributed by atoms with Crippen molar-refractivity contribution in [2.75, 3.05) is 0 Å². The number of hydrogen-bond donors (Lipinski definition) is 0. The molecule has 1 fully saturated rings. The van der Waals surface area contributed by atoms with Crippen LogP contribution in [0, 0.1) is 11.3 Å². The summed E-state index contributed by atoms with van der Waals surface area (Å²) in [6, 6.07) is 0. The number of hydrogen-bond acceptors (Lipinski definition) is 0. The van der Waals surface area contributed by atoms with Crippen LogP contribution in [0.15, 0.2) is 24.3 Å². The van der Waals surface area contributed by atoms with Crippen LogP contribution in [0.1, 0.15) is 19.8 Å². The molecule has 2 aliphatic carbocycles. The van der Waals surface area contributed by atoms with Crippen molar-refractivity contribution in [1.82, 2.24) is 0 Å². The van der Waals surface area contributed by atoms with E-state index in [-0.39, 0.29) is 0 Å². The number of rotatable bonds is 0. The predicted octanol–water partition coefficient (Wildman–Crippen LogP) is 2.53. The van der Waals surface area contributed by atoms with Gasteiger partial charge >= 0.3 is 0 Å². The molecular weight excluding hydrogens is 108 g/mol. The Kier molecular flexibility index (Phi) is 0.769. The van der Waals surface area contributed by atoms with Crippen LogP contribution in [-0.4, -0.2) is 0 Å². The van der Waals surface area contributed by atoms with Crippen molar-refractivity contribution in [3.63, 3.8) is 0 Å². The minimum absolute atomic E-state index is 0.502. The first kappa shape index (κ1) is 5.28. The average Bonchev–Trinajstić information content (AvgIpc) is 2.20. The predicted molar refractivity (Wildman–Crippen MR) is 39.1 cm³/mol. The molecule has 0 radical (unpaired) electrons. The summed E-state index contributed by atoms with van der Waals surface area (Å²) < 4.78 is 0. The zero-order chi connectivity index (χ0) is 6.48. The fourth-order valence-electron chi connectivity index (χ4n) is 2.05. The highest BCUT2D eigenvalue weighted by atomic mass is 14.4. The van der Waals surface area contributed by atoms with E-state index < -0.39 is 0 Å². The van der Waals surface area contributed by atoms with Crippen LogP contribution >= 0.6 is 0 Å². The van der Waals surface area contributed by atoms with E-state index in [2.05, 4.69) is 25.7 Å². The first-order chi connectivity index (χ1) is 4.20. The largest absolute Gasteiger partial charge is 0.0992 e. The van der Waals surface area contributed by atoms with Gasteiger partial charge in [0.15, 0.2) is 0 Å². The van der Waals surface area contributed by atoms with Crippen LogP contribution < -0.4 is 0 Å². The zero-order valence-electron chi connectivity index (χ0n) is 5.85. The van der Waals surface area contributed by atoms with E-state index in [0.717, 1.165) is 5.92 Å². The Morgan fingerprint density at radius 1 is 1.78 bits per heavy atom. The van der Waals surface area contributed by atoms with Gasteiger partial charge in [-0.2, -0.15) is 0 Å². The highest BCUT2D eigenvalue weighted by Crippen LogP contribution is 2.50. The molecule has 9 heavy (non-hydrogen) atoms. The Hall–Kier alpha value is -0.520. The molecule has 0 spiro atoms. The summed E-state index contributed by atoms with van der Waals surface area (Å²) in [5, 5.41) is 0. The highest BCUT2D eigenvalue weighted by molar-refractivity contribution is 5.28. The fraction of sp³-hybridized carbons (Fsp3) is 0.556. The summed E-state index contributed by atoms with van der Waals surface area (Å²) >= 11 is 0. The van der Waals surface area contributed by atoms with Crippen molar-refractivity contribution in [2.24, 2.45) is 11.3 Å². The molecule has 0 aromatic carbocycles. The summed E-state index contributed by atoms with van der Waals surface area (Å²) in [4.78, 5) is 0. The standard InChI is InChI=1S/C9H12/c1-7-5-9(2)4-3-8(7)6-9/h3-4,8H,1,5-6H2,2H3. The third kappa shape index (κ3) is 0.592. The van der Waals surface area contributed by atoms with E-state index in [1.165, 1.54) is 18.4 Å². The maximum absolute atomic E-state index is 4.03. The molecule has 48 valence electrons. The van der Waals surface area contributed by atoms with Gasteiger partial charge in [-0.1, -0.05) is 31.2 Å². The first-order valence-corrected chi connectivity index (χ1v) is 3.57. The second-order valence-corrected chi connectivity index (χ2v) is 3.66. The Morgan fingerprint density at radius 3 is 2.78 bits per heavy atom. The Labute approximate surface area is 56.3 Å². The summed E-state index contributed by atoms with van der Waals surface area (Å²) in [7, 11) is 0. The topological polar surface area (TPSA) is 0 Å². The van der Waals surface area contributed by atoms with Crippen molar-refractivity contribution in [3.8, 4) is 0 Å². The third-order valence-corrected chi connectivity index (χ3v) is 2.57. The highest BCUT2D eigenvalue weighted by Gasteiger charge is 2.38. The summed E-state index contributed by atoms with van der Waals surface area (Å²) in [6.07, 6.45) is 7.22. The molecule has 0 aromatic heterocycles. The van der Waals surface area contributed by atoms with Gasteiger partial charge in [0, 0.05) is 0 Å². The molecule has 2 rings (SSSR count). The van der Waals surface area contributed by atoms with Gasteiger partial charge in [-0.05, 0) is 24.2 Å². The molecule has 0 saturated heterocycles. The minimum atomic E-state index is 0.502. The summed E-state index contributed by atoms with van der Waals surface area (Å²) in [5.41, 5.74) is 1.95. The van der Waals surface area contributed by atoms with Crippen molar-refractivity contribution >= 4 is 0 Å².